The first-order valence-corrected chi connectivity index (χ1v) is 7.03. The molecule has 0 radical (unpaired) electrons. The molecule has 0 saturated heterocycles. The average molecular weight is 306 g/mol. The molecule has 0 heterocycles. The molecule has 0 atom stereocenters. The average Bonchev–Trinajstić information content (AvgIpc) is 2.46. The number of nitrogens with zero attached hydrogens (tertiary/aromatic N) is 1. The van der Waals surface area contributed by atoms with Crippen molar-refractivity contribution in [2.45, 2.75) is 13.5 Å². The molecule has 0 aromatic heterocycles. The Morgan fingerprint density at radius 1 is 1.32 bits per heavy atom. The summed E-state index contributed by atoms with van der Waals surface area (Å²) in [4.78, 5) is 24.5. The zero-order chi connectivity index (χ0) is 16.4. The second-order valence-corrected chi connectivity index (χ2v) is 4.68. The summed E-state index contributed by atoms with van der Waals surface area (Å²) in [5.74, 6) is 0.373. The van der Waals surface area contributed by atoms with E-state index in [-0.39, 0.29) is 13.2 Å². The maximum absolute atomic E-state index is 11.6. The van der Waals surface area contributed by atoms with E-state index in [0.717, 1.165) is 11.3 Å². The molecule has 22 heavy (non-hydrogen) atoms. The van der Waals surface area contributed by atoms with Gasteiger partial charge in [-0.3, -0.25) is 15.0 Å². The number of likely N-dealkylation sites (N-methyl/N-ethyl adjacent to an activating group) is 1. The number of hydrogen-bond acceptors (Lipinski definition) is 5. The number of amides is 2. The zero-order valence-electron chi connectivity index (χ0n) is 13.0. The lowest BCUT2D eigenvalue weighted by Crippen LogP contribution is -2.38. The highest BCUT2D eigenvalue weighted by Gasteiger charge is 2.11. The molecule has 6 heteroatoms. The lowest BCUT2D eigenvalue weighted by molar-refractivity contribution is -0.121. The molecule has 2 amide bonds. The van der Waals surface area contributed by atoms with E-state index >= 15 is 0 Å². The Bertz CT molecular complexity index is 499. The number of benzene rings is 1. The second kappa shape index (κ2) is 9.57. The van der Waals surface area contributed by atoms with Crippen molar-refractivity contribution in [1.29, 1.82) is 0 Å². The van der Waals surface area contributed by atoms with Crippen LogP contribution in [0.3, 0.4) is 0 Å². The first kappa shape index (κ1) is 17.7. The fourth-order valence-corrected chi connectivity index (χ4v) is 1.78. The van der Waals surface area contributed by atoms with Gasteiger partial charge in [0.15, 0.2) is 0 Å². The van der Waals surface area contributed by atoms with E-state index in [2.05, 4.69) is 16.6 Å². The second-order valence-electron chi connectivity index (χ2n) is 4.68. The Labute approximate surface area is 130 Å². The Balaban J connectivity index is 2.40. The van der Waals surface area contributed by atoms with Gasteiger partial charge in [0, 0.05) is 6.54 Å². The lowest BCUT2D eigenvalue weighted by Gasteiger charge is -2.16. The summed E-state index contributed by atoms with van der Waals surface area (Å²) >= 11 is 0. The minimum atomic E-state index is -0.718. The molecule has 6 nitrogen and oxygen atoms in total. The van der Waals surface area contributed by atoms with Crippen LogP contribution in [0.25, 0.3) is 0 Å². The van der Waals surface area contributed by atoms with Gasteiger partial charge in [-0.25, -0.2) is 4.79 Å². The Kier molecular flexibility index (Phi) is 7.70. The van der Waals surface area contributed by atoms with E-state index in [4.69, 9.17) is 4.74 Å². The van der Waals surface area contributed by atoms with Gasteiger partial charge in [0.05, 0.1) is 13.2 Å². The smallest absolute Gasteiger partial charge is 0.413 e. The topological polar surface area (TPSA) is 67.9 Å². The summed E-state index contributed by atoms with van der Waals surface area (Å²) in [6, 6.07) is 7.59. The van der Waals surface area contributed by atoms with Crippen molar-refractivity contribution >= 4 is 12.0 Å². The SMILES string of the molecule is C=CCOc1ccc(CN(C)CC(=O)NC(=O)OCC)cc1. The monoisotopic (exact) mass is 306 g/mol. The van der Waals surface area contributed by atoms with Crippen LogP contribution < -0.4 is 10.1 Å². The summed E-state index contributed by atoms with van der Waals surface area (Å²) < 4.78 is 10.0. The Hall–Kier alpha value is -2.34. The molecule has 0 aliphatic heterocycles. The normalized spacial score (nSPS) is 10.1. The molecule has 0 fully saturated rings. The number of nitrogens with one attached hydrogen (secondary N) is 1. The van der Waals surface area contributed by atoms with Crippen molar-refractivity contribution < 1.29 is 19.1 Å². The number of carbonyl (C=O) groups is 2. The van der Waals surface area contributed by atoms with Crippen molar-refractivity contribution in [3.8, 4) is 5.75 Å². The molecule has 1 N–H and O–H groups in total. The number of hydrogen-bond donors (Lipinski definition) is 1. The van der Waals surface area contributed by atoms with Crippen LogP contribution in [0.1, 0.15) is 12.5 Å². The van der Waals surface area contributed by atoms with E-state index in [1.807, 2.05) is 24.3 Å². The maximum atomic E-state index is 11.6. The lowest BCUT2D eigenvalue weighted by atomic mass is 10.2. The van der Waals surface area contributed by atoms with Gasteiger partial charge in [-0.1, -0.05) is 24.8 Å². The summed E-state index contributed by atoms with van der Waals surface area (Å²) in [6.45, 7) is 6.65. The van der Waals surface area contributed by atoms with E-state index in [0.29, 0.717) is 13.2 Å². The molecule has 120 valence electrons. The third-order valence-electron chi connectivity index (χ3n) is 2.67. The molecule has 0 saturated carbocycles. The quantitative estimate of drug-likeness (QED) is 0.744. The van der Waals surface area contributed by atoms with Gasteiger partial charge in [0.25, 0.3) is 0 Å². The van der Waals surface area contributed by atoms with Crippen LogP contribution in [-0.2, 0) is 16.1 Å². The molecule has 0 unspecified atom stereocenters. The van der Waals surface area contributed by atoms with Crippen LogP contribution in [0.5, 0.6) is 5.75 Å². The van der Waals surface area contributed by atoms with Gasteiger partial charge in [0.1, 0.15) is 12.4 Å². The van der Waals surface area contributed by atoms with Crippen LogP contribution in [0, 0.1) is 0 Å². The highest BCUT2D eigenvalue weighted by atomic mass is 16.5. The predicted molar refractivity (Wildman–Crippen MR) is 83.6 cm³/mol. The third-order valence-corrected chi connectivity index (χ3v) is 2.67. The van der Waals surface area contributed by atoms with Gasteiger partial charge in [-0.2, -0.15) is 0 Å². The summed E-state index contributed by atoms with van der Waals surface area (Å²) in [6.07, 6.45) is 0.966. The number of imide groups is 1. The van der Waals surface area contributed by atoms with Gasteiger partial charge < -0.3 is 9.47 Å². The number of rotatable bonds is 8. The van der Waals surface area contributed by atoms with Crippen molar-refractivity contribution in [3.63, 3.8) is 0 Å². The molecule has 1 aromatic rings. The fourth-order valence-electron chi connectivity index (χ4n) is 1.78. The van der Waals surface area contributed by atoms with E-state index in [9.17, 15) is 9.59 Å². The minimum absolute atomic E-state index is 0.105. The zero-order valence-corrected chi connectivity index (χ0v) is 13.0. The summed E-state index contributed by atoms with van der Waals surface area (Å²) in [5, 5.41) is 2.16. The van der Waals surface area contributed by atoms with Crippen LogP contribution in [0.4, 0.5) is 4.79 Å². The Morgan fingerprint density at radius 2 is 2.00 bits per heavy atom. The van der Waals surface area contributed by atoms with Crippen molar-refractivity contribution in [1.82, 2.24) is 10.2 Å². The molecule has 0 aliphatic rings. The summed E-state index contributed by atoms with van der Waals surface area (Å²) in [5.41, 5.74) is 1.04. The Morgan fingerprint density at radius 3 is 2.59 bits per heavy atom. The molecule has 1 aromatic carbocycles. The molecule has 0 aliphatic carbocycles. The van der Waals surface area contributed by atoms with Gasteiger partial charge in [-0.05, 0) is 31.7 Å². The predicted octanol–water partition coefficient (Wildman–Crippen LogP) is 1.96. The molecule has 1 rings (SSSR count). The van der Waals surface area contributed by atoms with E-state index in [1.165, 1.54) is 0 Å². The van der Waals surface area contributed by atoms with Gasteiger partial charge in [0.2, 0.25) is 5.91 Å². The third kappa shape index (κ3) is 6.90. The standard InChI is InChI=1S/C16H22N2O4/c1-4-10-22-14-8-6-13(7-9-14)11-18(3)12-15(19)17-16(20)21-5-2/h4,6-9H,1,5,10-12H2,2-3H3,(H,17,19,20). The maximum Gasteiger partial charge on any atom is 0.413 e. The molecule has 0 bridgehead atoms. The number of ether oxygens (including phenoxy) is 2. The highest BCUT2D eigenvalue weighted by molar-refractivity contribution is 5.92. The van der Waals surface area contributed by atoms with Crippen molar-refractivity contribution in [2.24, 2.45) is 0 Å². The largest absolute Gasteiger partial charge is 0.490 e. The highest BCUT2D eigenvalue weighted by Crippen LogP contribution is 2.13. The van der Waals surface area contributed by atoms with Crippen LogP contribution in [-0.4, -0.2) is 43.7 Å². The van der Waals surface area contributed by atoms with Crippen molar-refractivity contribution in [3.05, 3.63) is 42.5 Å². The summed E-state index contributed by atoms with van der Waals surface area (Å²) in [7, 11) is 1.80. The van der Waals surface area contributed by atoms with Crippen LogP contribution >= 0.6 is 0 Å². The van der Waals surface area contributed by atoms with E-state index in [1.54, 1.807) is 24.9 Å². The molecular formula is C16H22N2O4. The minimum Gasteiger partial charge on any atom is -0.490 e. The first-order valence-electron chi connectivity index (χ1n) is 7.03. The fraction of sp³-hybridized carbons (Fsp3) is 0.375. The van der Waals surface area contributed by atoms with Gasteiger partial charge in [-0.15, -0.1) is 0 Å². The first-order chi connectivity index (χ1) is 10.5. The van der Waals surface area contributed by atoms with Gasteiger partial charge >= 0.3 is 6.09 Å². The van der Waals surface area contributed by atoms with E-state index < -0.39 is 12.0 Å². The van der Waals surface area contributed by atoms with Crippen LogP contribution in [0.15, 0.2) is 36.9 Å². The van der Waals surface area contributed by atoms with Crippen molar-refractivity contribution in [2.75, 3.05) is 26.8 Å². The number of alkyl carbamates (subject to hydrolysis) is 1. The number of carbonyl (C=O) groups excluding carboxylic acids is 2. The van der Waals surface area contributed by atoms with Crippen LogP contribution in [0.2, 0.25) is 0 Å². The molecular weight excluding hydrogens is 284 g/mol. The molecule has 0 spiro atoms.